The Morgan fingerprint density at radius 1 is 0.321 bits per heavy atom. The Labute approximate surface area is 329 Å². The van der Waals surface area contributed by atoms with Crippen molar-refractivity contribution in [3.05, 3.63) is 188 Å². The second kappa shape index (κ2) is 13.0. The van der Waals surface area contributed by atoms with Gasteiger partial charge < -0.3 is 8.83 Å². The van der Waals surface area contributed by atoms with E-state index < -0.39 is 6.04 Å². The van der Waals surface area contributed by atoms with Gasteiger partial charge in [0.25, 0.3) is 0 Å². The smallest absolute Gasteiger partial charge is 0.167 e. The van der Waals surface area contributed by atoms with E-state index in [1.807, 2.05) is 103 Å². The summed E-state index contributed by atoms with van der Waals surface area (Å²) in [6, 6.07) is 50.2. The normalized spacial score (nSPS) is 12.8. The zero-order chi connectivity index (χ0) is 41.4. The molecular formula is C51H31N3O2. The van der Waals surface area contributed by atoms with Crippen LogP contribution in [0.4, 0.5) is 0 Å². The summed E-state index contributed by atoms with van der Waals surface area (Å²) in [5, 5.41) is 3.92. The van der Waals surface area contributed by atoms with E-state index in [0.717, 1.165) is 71.7 Å². The number of hydrogen-bond acceptors (Lipinski definition) is 5. The predicted molar refractivity (Wildman–Crippen MR) is 227 cm³/mol. The molecule has 0 bridgehead atoms. The first kappa shape index (κ1) is 27.0. The van der Waals surface area contributed by atoms with Gasteiger partial charge in [0, 0.05) is 32.7 Å². The lowest BCUT2D eigenvalue weighted by molar-refractivity contribution is 0.669. The van der Waals surface area contributed by atoms with Crippen LogP contribution in [0.25, 0.3) is 111 Å². The van der Waals surface area contributed by atoms with Crippen LogP contribution >= 0.6 is 0 Å². The number of furan rings is 2. The topological polar surface area (TPSA) is 65.0 Å². The second-order valence-corrected chi connectivity index (χ2v) is 13.6. The third-order valence-corrected chi connectivity index (χ3v) is 10.3. The van der Waals surface area contributed by atoms with Crippen molar-refractivity contribution in [3.8, 4) is 67.5 Å². The van der Waals surface area contributed by atoms with Crippen molar-refractivity contribution < 1.29 is 15.7 Å². The van der Waals surface area contributed by atoms with E-state index in [0.29, 0.717) is 34.2 Å². The highest BCUT2D eigenvalue weighted by molar-refractivity contribution is 6.13. The maximum absolute atomic E-state index is 8.37. The Kier molecular flexibility index (Phi) is 6.29. The summed E-state index contributed by atoms with van der Waals surface area (Å²) in [7, 11) is 0. The van der Waals surface area contributed by atoms with E-state index in [-0.39, 0.29) is 29.7 Å². The third kappa shape index (κ3) is 5.37. The van der Waals surface area contributed by atoms with E-state index in [1.54, 1.807) is 12.1 Å². The van der Waals surface area contributed by atoms with Crippen molar-refractivity contribution >= 4 is 43.9 Å². The van der Waals surface area contributed by atoms with E-state index in [9.17, 15) is 0 Å². The van der Waals surface area contributed by atoms with Gasteiger partial charge in [-0.15, -0.1) is 0 Å². The standard InChI is InChI=1S/C51H31N3O2/c1-3-12-32(13-4-1)33-24-26-34(27-25-33)35-28-30-36(31-29-35)38-17-9-19-41-42-20-11-22-44(48(42)56-46(38)41)51-53-49(37-14-5-2-6-15-37)52-50(54-51)43-21-10-18-40-39-16-7-8-23-45(39)55-47(40)43/h1-31H/i1D,3D,4D,12D,13D. The highest BCUT2D eigenvalue weighted by Crippen LogP contribution is 2.41. The van der Waals surface area contributed by atoms with Gasteiger partial charge in [-0.05, 0) is 46.0 Å². The summed E-state index contributed by atoms with van der Waals surface area (Å²) in [6.07, 6.45) is 0. The lowest BCUT2D eigenvalue weighted by Gasteiger charge is -2.09. The predicted octanol–water partition coefficient (Wildman–Crippen LogP) is 13.7. The molecule has 0 aliphatic heterocycles. The third-order valence-electron chi connectivity index (χ3n) is 10.3. The molecule has 5 nitrogen and oxygen atoms in total. The molecule has 0 radical (unpaired) electrons. The van der Waals surface area contributed by atoms with Crippen LogP contribution in [0.1, 0.15) is 6.85 Å². The van der Waals surface area contributed by atoms with Crippen LogP contribution in [0.15, 0.2) is 197 Å². The molecule has 0 unspecified atom stereocenters. The number of para-hydroxylation sites is 4. The van der Waals surface area contributed by atoms with Crippen LogP contribution in [0.3, 0.4) is 0 Å². The fraction of sp³-hybridized carbons (Fsp3) is 0. The van der Waals surface area contributed by atoms with Gasteiger partial charge in [0.1, 0.15) is 22.3 Å². The monoisotopic (exact) mass is 722 g/mol. The number of aromatic nitrogens is 3. The minimum absolute atomic E-state index is 0.183. The SMILES string of the molecule is [2H]c1c([2H])c([2H])c(-c2ccc(-c3ccc(-c4cccc5c4oc4c(-c6nc(-c7ccccc7)nc(-c7cccc8c7oc7ccccc78)n6)cccc45)cc3)cc2)c([2H])c1[2H]. The average molecular weight is 723 g/mol. The Morgan fingerprint density at radius 2 is 0.786 bits per heavy atom. The molecule has 0 saturated carbocycles. The van der Waals surface area contributed by atoms with Gasteiger partial charge in [-0.25, -0.2) is 15.0 Å². The van der Waals surface area contributed by atoms with Crippen molar-refractivity contribution in [2.45, 2.75) is 0 Å². The Balaban J connectivity index is 0.993. The van der Waals surface area contributed by atoms with Gasteiger partial charge in [0.05, 0.1) is 18.0 Å². The first-order chi connectivity index (χ1) is 29.8. The minimum Gasteiger partial charge on any atom is -0.455 e. The molecule has 0 atom stereocenters. The molecule has 0 amide bonds. The molecule has 0 spiro atoms. The largest absolute Gasteiger partial charge is 0.455 e. The van der Waals surface area contributed by atoms with Crippen molar-refractivity contribution in [2.75, 3.05) is 0 Å². The summed E-state index contributed by atoms with van der Waals surface area (Å²) < 4.78 is 54.1. The molecule has 0 N–H and O–H groups in total. The number of nitrogens with zero attached hydrogens (tertiary/aromatic N) is 3. The summed E-state index contributed by atoms with van der Waals surface area (Å²) in [5.74, 6) is 1.50. The van der Waals surface area contributed by atoms with E-state index in [1.165, 1.54) is 0 Å². The maximum Gasteiger partial charge on any atom is 0.167 e. The fourth-order valence-electron chi connectivity index (χ4n) is 7.55. The highest BCUT2D eigenvalue weighted by Gasteiger charge is 2.21. The first-order valence-electron chi connectivity index (χ1n) is 20.8. The fourth-order valence-corrected chi connectivity index (χ4v) is 7.55. The van der Waals surface area contributed by atoms with Crippen molar-refractivity contribution in [2.24, 2.45) is 0 Å². The maximum atomic E-state index is 8.37. The molecule has 11 aromatic rings. The van der Waals surface area contributed by atoms with E-state index in [4.69, 9.17) is 30.6 Å². The molecule has 0 saturated heterocycles. The summed E-state index contributed by atoms with van der Waals surface area (Å²) >= 11 is 0. The Morgan fingerprint density at radius 3 is 1.43 bits per heavy atom. The molecule has 8 aromatic carbocycles. The van der Waals surface area contributed by atoms with Crippen LogP contribution in [-0.2, 0) is 0 Å². The van der Waals surface area contributed by atoms with Crippen LogP contribution in [0.2, 0.25) is 0 Å². The summed E-state index contributed by atoms with van der Waals surface area (Å²) in [5.41, 5.74) is 9.81. The molecule has 5 heteroatoms. The highest BCUT2D eigenvalue weighted by atomic mass is 16.3. The van der Waals surface area contributed by atoms with Crippen LogP contribution < -0.4 is 0 Å². The molecule has 3 heterocycles. The molecule has 3 aromatic heterocycles. The lowest BCUT2D eigenvalue weighted by atomic mass is 9.97. The zero-order valence-electron chi connectivity index (χ0n) is 34.7. The number of rotatable bonds is 6. The number of benzene rings is 8. The number of hydrogen-bond donors (Lipinski definition) is 0. The average Bonchev–Trinajstić information content (AvgIpc) is 3.90. The Hall–Kier alpha value is -7.63. The van der Waals surface area contributed by atoms with Crippen LogP contribution in [-0.4, -0.2) is 15.0 Å². The second-order valence-electron chi connectivity index (χ2n) is 13.6. The van der Waals surface area contributed by atoms with Gasteiger partial charge in [-0.2, -0.15) is 0 Å². The number of fused-ring (bicyclic) bond motifs is 6. The van der Waals surface area contributed by atoms with Gasteiger partial charge in [0.15, 0.2) is 17.5 Å². The molecule has 56 heavy (non-hydrogen) atoms. The van der Waals surface area contributed by atoms with Crippen molar-refractivity contribution in [1.82, 2.24) is 15.0 Å². The Bertz CT molecular complexity index is 3500. The first-order valence-corrected chi connectivity index (χ1v) is 18.3. The van der Waals surface area contributed by atoms with Gasteiger partial charge >= 0.3 is 0 Å². The molecular weight excluding hydrogens is 687 g/mol. The quantitative estimate of drug-likeness (QED) is 0.171. The molecule has 0 aliphatic rings. The molecule has 0 fully saturated rings. The minimum atomic E-state index is -0.405. The zero-order valence-corrected chi connectivity index (χ0v) is 29.7. The summed E-state index contributed by atoms with van der Waals surface area (Å²) in [6.45, 7) is 0. The molecule has 0 aliphatic carbocycles. The van der Waals surface area contributed by atoms with E-state index in [2.05, 4.69) is 42.5 Å². The van der Waals surface area contributed by atoms with E-state index >= 15 is 0 Å². The summed E-state index contributed by atoms with van der Waals surface area (Å²) in [4.78, 5) is 15.2. The van der Waals surface area contributed by atoms with Gasteiger partial charge in [-0.1, -0.05) is 170 Å². The van der Waals surface area contributed by atoms with Gasteiger partial charge in [0.2, 0.25) is 0 Å². The van der Waals surface area contributed by atoms with Crippen molar-refractivity contribution in [1.29, 1.82) is 0 Å². The molecule has 11 rings (SSSR count). The van der Waals surface area contributed by atoms with Gasteiger partial charge in [-0.3, -0.25) is 0 Å². The van der Waals surface area contributed by atoms with Crippen LogP contribution in [0.5, 0.6) is 0 Å². The van der Waals surface area contributed by atoms with Crippen LogP contribution in [0, 0.1) is 0 Å². The lowest BCUT2D eigenvalue weighted by Crippen LogP contribution is -2.00. The van der Waals surface area contributed by atoms with Crippen molar-refractivity contribution in [3.63, 3.8) is 0 Å². The molecule has 262 valence electrons.